The third kappa shape index (κ3) is 3.70. The van der Waals surface area contributed by atoms with E-state index in [1.807, 2.05) is 5.38 Å². The van der Waals surface area contributed by atoms with Gasteiger partial charge in [-0.3, -0.25) is 4.79 Å². The maximum Gasteiger partial charge on any atom is 0.315 e. The predicted octanol–water partition coefficient (Wildman–Crippen LogP) is 2.96. The number of nitrogens with zero attached hydrogens (tertiary/aromatic N) is 1. The van der Waals surface area contributed by atoms with Crippen LogP contribution in [0.3, 0.4) is 0 Å². The Hall–Kier alpha value is -1.10. The number of aliphatic carboxylic acids is 1. The molecule has 4 nitrogen and oxygen atoms in total. The Morgan fingerprint density at radius 1 is 1.59 bits per heavy atom. The molecule has 0 bridgehead atoms. The van der Waals surface area contributed by atoms with Crippen molar-refractivity contribution in [3.63, 3.8) is 0 Å². The van der Waals surface area contributed by atoms with Crippen molar-refractivity contribution in [3.8, 4) is 0 Å². The van der Waals surface area contributed by atoms with Crippen LogP contribution in [-0.2, 0) is 10.2 Å². The van der Waals surface area contributed by atoms with E-state index in [0.29, 0.717) is 11.6 Å². The van der Waals surface area contributed by atoms with E-state index in [4.69, 9.17) is 5.11 Å². The highest BCUT2D eigenvalue weighted by Gasteiger charge is 2.32. The van der Waals surface area contributed by atoms with E-state index >= 15 is 0 Å². The number of hydrogen-bond acceptors (Lipinski definition) is 4. The lowest BCUT2D eigenvalue weighted by molar-refractivity contribution is -0.142. The molecule has 1 heterocycles. The third-order valence-electron chi connectivity index (χ3n) is 2.68. The fourth-order valence-electron chi connectivity index (χ4n) is 1.22. The van der Waals surface area contributed by atoms with Crippen molar-refractivity contribution >= 4 is 22.4 Å². The van der Waals surface area contributed by atoms with Gasteiger partial charge in [-0.25, -0.2) is 4.98 Å². The average Bonchev–Trinajstić information content (AvgIpc) is 2.66. The van der Waals surface area contributed by atoms with E-state index in [1.165, 1.54) is 11.3 Å². The zero-order valence-electron chi connectivity index (χ0n) is 10.8. The van der Waals surface area contributed by atoms with Gasteiger partial charge in [0, 0.05) is 11.9 Å². The van der Waals surface area contributed by atoms with E-state index in [-0.39, 0.29) is 0 Å². The molecule has 1 aromatic rings. The molecule has 0 spiro atoms. The molecule has 2 N–H and O–H groups in total. The zero-order chi connectivity index (χ0) is 13.1. The summed E-state index contributed by atoms with van der Waals surface area (Å²) >= 11 is 1.46. The second-order valence-electron chi connectivity index (χ2n) is 5.08. The van der Waals surface area contributed by atoms with Crippen molar-refractivity contribution in [2.45, 2.75) is 39.5 Å². The first-order chi connectivity index (χ1) is 7.84. The monoisotopic (exact) mass is 256 g/mol. The fraction of sp³-hybridized carbons (Fsp3) is 0.667. The number of nitrogens with one attached hydrogen (secondary N) is 1. The summed E-state index contributed by atoms with van der Waals surface area (Å²) < 4.78 is 0. The Kier molecular flexibility index (Phi) is 4.51. The highest BCUT2D eigenvalue weighted by atomic mass is 32.1. The lowest BCUT2D eigenvalue weighted by atomic mass is 9.90. The Labute approximate surface area is 106 Å². The normalized spacial score (nSPS) is 11.8. The largest absolute Gasteiger partial charge is 0.481 e. The van der Waals surface area contributed by atoms with Crippen LogP contribution >= 0.6 is 11.3 Å². The second-order valence-corrected chi connectivity index (χ2v) is 5.94. The van der Waals surface area contributed by atoms with Gasteiger partial charge in [0.1, 0.15) is 5.41 Å². The van der Waals surface area contributed by atoms with Gasteiger partial charge >= 0.3 is 5.97 Å². The van der Waals surface area contributed by atoms with Gasteiger partial charge in [0.25, 0.3) is 0 Å². The Morgan fingerprint density at radius 3 is 2.76 bits per heavy atom. The van der Waals surface area contributed by atoms with E-state index in [9.17, 15) is 4.79 Å². The van der Waals surface area contributed by atoms with Crippen molar-refractivity contribution in [3.05, 3.63) is 11.1 Å². The van der Waals surface area contributed by atoms with Crippen LogP contribution < -0.4 is 5.32 Å². The molecular formula is C12H20N2O2S. The van der Waals surface area contributed by atoms with Crippen LogP contribution in [0.1, 0.15) is 39.8 Å². The van der Waals surface area contributed by atoms with Crippen LogP contribution in [0.25, 0.3) is 0 Å². The molecule has 1 rings (SSSR count). The number of aromatic nitrogens is 1. The van der Waals surface area contributed by atoms with Crippen molar-refractivity contribution < 1.29 is 9.90 Å². The summed E-state index contributed by atoms with van der Waals surface area (Å²) in [6.45, 7) is 8.55. The predicted molar refractivity (Wildman–Crippen MR) is 70.7 cm³/mol. The average molecular weight is 256 g/mol. The fourth-order valence-corrected chi connectivity index (χ4v) is 2.13. The molecule has 96 valence electrons. The highest BCUT2D eigenvalue weighted by Crippen LogP contribution is 2.27. The number of thiazole rings is 1. The maximum absolute atomic E-state index is 11.1. The quantitative estimate of drug-likeness (QED) is 0.821. The molecule has 0 aliphatic heterocycles. The molecule has 0 radical (unpaired) electrons. The van der Waals surface area contributed by atoms with Crippen LogP contribution in [-0.4, -0.2) is 22.6 Å². The van der Waals surface area contributed by atoms with Crippen LogP contribution in [0.4, 0.5) is 5.13 Å². The first-order valence-electron chi connectivity index (χ1n) is 5.77. The van der Waals surface area contributed by atoms with Gasteiger partial charge in [0.15, 0.2) is 5.13 Å². The molecule has 0 aliphatic carbocycles. The number of anilines is 1. The summed E-state index contributed by atoms with van der Waals surface area (Å²) in [5, 5.41) is 14.9. The van der Waals surface area contributed by atoms with Gasteiger partial charge in [-0.15, -0.1) is 11.3 Å². The van der Waals surface area contributed by atoms with Gasteiger partial charge in [-0.2, -0.15) is 0 Å². The van der Waals surface area contributed by atoms with Crippen LogP contribution in [0, 0.1) is 5.92 Å². The number of carboxylic acids is 1. The molecule has 0 aromatic carbocycles. The van der Waals surface area contributed by atoms with Crippen LogP contribution in [0.15, 0.2) is 5.38 Å². The topological polar surface area (TPSA) is 62.2 Å². The molecule has 1 aromatic heterocycles. The van der Waals surface area contributed by atoms with Crippen molar-refractivity contribution in [2.24, 2.45) is 5.92 Å². The first kappa shape index (κ1) is 14.0. The third-order valence-corrected chi connectivity index (χ3v) is 3.48. The number of rotatable bonds is 6. The van der Waals surface area contributed by atoms with E-state index in [2.05, 4.69) is 24.1 Å². The summed E-state index contributed by atoms with van der Waals surface area (Å²) in [5.74, 6) is -0.200. The molecule has 5 heteroatoms. The van der Waals surface area contributed by atoms with Gasteiger partial charge in [-0.05, 0) is 26.2 Å². The molecule has 0 saturated heterocycles. The van der Waals surface area contributed by atoms with Crippen molar-refractivity contribution in [1.29, 1.82) is 0 Å². The van der Waals surface area contributed by atoms with Crippen molar-refractivity contribution in [1.82, 2.24) is 4.98 Å². The van der Waals surface area contributed by atoms with Crippen LogP contribution in [0.5, 0.6) is 0 Å². The summed E-state index contributed by atoms with van der Waals surface area (Å²) in [7, 11) is 0. The zero-order valence-corrected chi connectivity index (χ0v) is 11.6. The smallest absolute Gasteiger partial charge is 0.315 e. The minimum Gasteiger partial charge on any atom is -0.481 e. The first-order valence-corrected chi connectivity index (χ1v) is 6.65. The second kappa shape index (κ2) is 5.49. The summed E-state index contributed by atoms with van der Waals surface area (Å²) in [6, 6.07) is 0. The van der Waals surface area contributed by atoms with E-state index in [0.717, 1.165) is 18.1 Å². The SMILES string of the molecule is CC(C)CCNc1nc(C(C)(C)C(=O)O)cs1. The molecule has 0 atom stereocenters. The molecule has 0 amide bonds. The number of carboxylic acid groups (broad SMARTS) is 1. The molecule has 17 heavy (non-hydrogen) atoms. The van der Waals surface area contributed by atoms with Crippen molar-refractivity contribution in [2.75, 3.05) is 11.9 Å². The molecule has 0 saturated carbocycles. The van der Waals surface area contributed by atoms with E-state index in [1.54, 1.807) is 13.8 Å². The Bertz CT molecular complexity index is 386. The maximum atomic E-state index is 11.1. The molecule has 0 fully saturated rings. The van der Waals surface area contributed by atoms with Gasteiger partial charge in [0.05, 0.1) is 5.69 Å². The number of hydrogen-bond donors (Lipinski definition) is 2. The lowest BCUT2D eigenvalue weighted by Crippen LogP contribution is -2.28. The molecule has 0 aliphatic rings. The van der Waals surface area contributed by atoms with Crippen LogP contribution in [0.2, 0.25) is 0 Å². The minimum absolute atomic E-state index is 0.613. The van der Waals surface area contributed by atoms with Gasteiger partial charge in [-0.1, -0.05) is 13.8 Å². The Balaban J connectivity index is 2.62. The van der Waals surface area contributed by atoms with Gasteiger partial charge < -0.3 is 10.4 Å². The summed E-state index contributed by atoms with van der Waals surface area (Å²) in [6.07, 6.45) is 1.08. The van der Waals surface area contributed by atoms with E-state index < -0.39 is 11.4 Å². The minimum atomic E-state index is -0.922. The summed E-state index contributed by atoms with van der Waals surface area (Å²) in [4.78, 5) is 15.4. The molecule has 0 unspecified atom stereocenters. The standard InChI is InChI=1S/C12H20N2O2S/c1-8(2)5-6-13-11-14-9(7-17-11)12(3,4)10(15)16/h7-8H,5-6H2,1-4H3,(H,13,14)(H,15,16). The molecular weight excluding hydrogens is 236 g/mol. The lowest BCUT2D eigenvalue weighted by Gasteiger charge is -2.15. The number of carbonyl (C=O) groups is 1. The van der Waals surface area contributed by atoms with Gasteiger partial charge in [0.2, 0.25) is 0 Å². The Morgan fingerprint density at radius 2 is 2.24 bits per heavy atom. The summed E-state index contributed by atoms with van der Waals surface area (Å²) in [5.41, 5.74) is -0.309. The highest BCUT2D eigenvalue weighted by molar-refractivity contribution is 7.13.